The molecule has 1 amide bonds. The number of carbonyl (C=O) groups is 2. The lowest BCUT2D eigenvalue weighted by molar-refractivity contribution is -0.156. The summed E-state index contributed by atoms with van der Waals surface area (Å²) in [7, 11) is 0. The fourth-order valence-electron chi connectivity index (χ4n) is 2.93. The van der Waals surface area contributed by atoms with Gasteiger partial charge in [0, 0.05) is 31.5 Å². The predicted molar refractivity (Wildman–Crippen MR) is 90.7 cm³/mol. The van der Waals surface area contributed by atoms with Crippen LogP contribution < -0.4 is 4.74 Å². The van der Waals surface area contributed by atoms with E-state index >= 15 is 0 Å². The van der Waals surface area contributed by atoms with Crippen LogP contribution >= 0.6 is 11.8 Å². The van der Waals surface area contributed by atoms with Gasteiger partial charge >= 0.3 is 5.97 Å². The van der Waals surface area contributed by atoms with E-state index in [1.165, 1.54) is 0 Å². The maximum Gasteiger partial charge on any atom is 0.348 e. The molecule has 2 fully saturated rings. The largest absolute Gasteiger partial charge is 0.478 e. The quantitative estimate of drug-likeness (QED) is 0.893. The standard InChI is InChI=1S/C17H21NO5S/c19-15(18-6-8-22-9-7-18)13-2-1-3-14(12-13)23-17(16(20)21)4-10-24-11-5-17/h1-3,12H,4-11H2,(H,20,21). The lowest BCUT2D eigenvalue weighted by Gasteiger charge is -2.33. The first-order chi connectivity index (χ1) is 11.6. The van der Waals surface area contributed by atoms with Crippen molar-refractivity contribution in [3.63, 3.8) is 0 Å². The molecule has 0 spiro atoms. The molecule has 6 nitrogen and oxygen atoms in total. The highest BCUT2D eigenvalue weighted by molar-refractivity contribution is 7.99. The van der Waals surface area contributed by atoms with Gasteiger partial charge in [-0.25, -0.2) is 4.79 Å². The van der Waals surface area contributed by atoms with Gasteiger partial charge in [0.05, 0.1) is 13.2 Å². The molecule has 1 aromatic rings. The highest BCUT2D eigenvalue weighted by Crippen LogP contribution is 2.32. The maximum atomic E-state index is 12.6. The minimum atomic E-state index is -1.19. The van der Waals surface area contributed by atoms with Crippen LogP contribution in [0.1, 0.15) is 23.2 Å². The number of aliphatic carboxylic acids is 1. The van der Waals surface area contributed by atoms with Gasteiger partial charge in [-0.3, -0.25) is 4.79 Å². The summed E-state index contributed by atoms with van der Waals surface area (Å²) in [6.45, 7) is 2.23. The van der Waals surface area contributed by atoms with E-state index in [-0.39, 0.29) is 5.91 Å². The van der Waals surface area contributed by atoms with Crippen molar-refractivity contribution in [1.82, 2.24) is 4.90 Å². The molecule has 0 saturated carbocycles. The first-order valence-corrected chi connectivity index (χ1v) is 9.23. The van der Waals surface area contributed by atoms with Crippen LogP contribution in [0, 0.1) is 0 Å². The zero-order valence-corrected chi connectivity index (χ0v) is 14.2. The van der Waals surface area contributed by atoms with Crippen LogP contribution in [0.25, 0.3) is 0 Å². The zero-order valence-electron chi connectivity index (χ0n) is 13.4. The van der Waals surface area contributed by atoms with Crippen LogP contribution in [0.5, 0.6) is 5.75 Å². The molecular weight excluding hydrogens is 330 g/mol. The number of carboxylic acid groups (broad SMARTS) is 1. The van der Waals surface area contributed by atoms with Crippen molar-refractivity contribution in [3.05, 3.63) is 29.8 Å². The van der Waals surface area contributed by atoms with Gasteiger partial charge in [0.15, 0.2) is 0 Å². The van der Waals surface area contributed by atoms with Gasteiger partial charge in [-0.1, -0.05) is 6.07 Å². The highest BCUT2D eigenvalue weighted by Gasteiger charge is 2.42. The van der Waals surface area contributed by atoms with E-state index in [0.717, 1.165) is 11.5 Å². The number of carboxylic acids is 1. The molecule has 130 valence electrons. The van der Waals surface area contributed by atoms with Gasteiger partial charge in [-0.15, -0.1) is 0 Å². The number of benzene rings is 1. The Labute approximate surface area is 145 Å². The fourth-order valence-corrected chi connectivity index (χ4v) is 4.08. The number of rotatable bonds is 4. The van der Waals surface area contributed by atoms with Crippen molar-refractivity contribution in [3.8, 4) is 5.75 Å². The molecule has 1 N–H and O–H groups in total. The van der Waals surface area contributed by atoms with Crippen molar-refractivity contribution in [2.75, 3.05) is 37.8 Å². The normalized spacial score (nSPS) is 20.4. The molecule has 0 atom stereocenters. The van der Waals surface area contributed by atoms with E-state index in [4.69, 9.17) is 9.47 Å². The van der Waals surface area contributed by atoms with Gasteiger partial charge in [0.2, 0.25) is 5.60 Å². The van der Waals surface area contributed by atoms with E-state index < -0.39 is 11.6 Å². The number of hydrogen-bond donors (Lipinski definition) is 1. The molecule has 0 bridgehead atoms. The molecule has 2 aliphatic rings. The molecule has 7 heteroatoms. The van der Waals surface area contributed by atoms with Crippen molar-refractivity contribution < 1.29 is 24.2 Å². The summed E-state index contributed by atoms with van der Waals surface area (Å²) in [5.41, 5.74) is -0.675. The summed E-state index contributed by atoms with van der Waals surface area (Å²) in [5, 5.41) is 9.61. The number of morpholine rings is 1. The summed E-state index contributed by atoms with van der Waals surface area (Å²) in [5.74, 6) is 0.945. The first kappa shape index (κ1) is 17.1. The van der Waals surface area contributed by atoms with Gasteiger partial charge < -0.3 is 19.5 Å². The van der Waals surface area contributed by atoms with Crippen LogP contribution in [0.4, 0.5) is 0 Å². The summed E-state index contributed by atoms with van der Waals surface area (Å²) in [6, 6.07) is 6.82. The van der Waals surface area contributed by atoms with Gasteiger partial charge in [0.1, 0.15) is 5.75 Å². The summed E-state index contributed by atoms with van der Waals surface area (Å²) in [4.78, 5) is 26.0. The first-order valence-electron chi connectivity index (χ1n) is 8.08. The number of hydrogen-bond acceptors (Lipinski definition) is 5. The van der Waals surface area contributed by atoms with Crippen LogP contribution in [-0.2, 0) is 9.53 Å². The van der Waals surface area contributed by atoms with Crippen molar-refractivity contribution in [2.24, 2.45) is 0 Å². The third-order valence-electron chi connectivity index (χ3n) is 4.38. The molecule has 24 heavy (non-hydrogen) atoms. The Balaban J connectivity index is 1.77. The molecule has 2 saturated heterocycles. The van der Waals surface area contributed by atoms with E-state index in [1.807, 2.05) is 0 Å². The van der Waals surface area contributed by atoms with Gasteiger partial charge in [-0.05, 0) is 29.7 Å². The van der Waals surface area contributed by atoms with Crippen LogP contribution in [0.3, 0.4) is 0 Å². The fraction of sp³-hybridized carbons (Fsp3) is 0.529. The van der Waals surface area contributed by atoms with Gasteiger partial charge in [0.25, 0.3) is 5.91 Å². The predicted octanol–water partition coefficient (Wildman–Crippen LogP) is 1.89. The molecule has 0 aliphatic carbocycles. The van der Waals surface area contributed by atoms with Crippen LogP contribution in [-0.4, -0.2) is 65.3 Å². The lowest BCUT2D eigenvalue weighted by Crippen LogP contribution is -2.47. The van der Waals surface area contributed by atoms with E-state index in [1.54, 1.807) is 40.9 Å². The molecule has 2 heterocycles. The average molecular weight is 351 g/mol. The topological polar surface area (TPSA) is 76.1 Å². The molecule has 0 unspecified atom stereocenters. The zero-order chi connectivity index (χ0) is 17.0. The summed E-state index contributed by atoms with van der Waals surface area (Å²) in [6.07, 6.45) is 0.934. The minimum absolute atomic E-state index is 0.0766. The average Bonchev–Trinajstić information content (AvgIpc) is 2.63. The van der Waals surface area contributed by atoms with Crippen molar-refractivity contribution in [2.45, 2.75) is 18.4 Å². The van der Waals surface area contributed by atoms with Crippen LogP contribution in [0.15, 0.2) is 24.3 Å². The molecular formula is C17H21NO5S. The maximum absolute atomic E-state index is 12.6. The Morgan fingerprint density at radius 3 is 2.58 bits per heavy atom. The monoisotopic (exact) mass is 351 g/mol. The Kier molecular flexibility index (Phi) is 5.30. The van der Waals surface area contributed by atoms with Crippen molar-refractivity contribution >= 4 is 23.6 Å². The Morgan fingerprint density at radius 1 is 1.21 bits per heavy atom. The minimum Gasteiger partial charge on any atom is -0.478 e. The second kappa shape index (κ2) is 7.44. The Morgan fingerprint density at radius 2 is 1.92 bits per heavy atom. The molecule has 3 rings (SSSR count). The number of thioether (sulfide) groups is 1. The smallest absolute Gasteiger partial charge is 0.348 e. The SMILES string of the molecule is O=C(c1cccc(OC2(C(=O)O)CCSCC2)c1)N1CCOCC1. The van der Waals surface area contributed by atoms with E-state index in [0.29, 0.717) is 50.5 Å². The number of carbonyl (C=O) groups excluding carboxylic acids is 1. The third kappa shape index (κ3) is 3.67. The molecule has 1 aromatic carbocycles. The lowest BCUT2D eigenvalue weighted by atomic mass is 9.96. The van der Waals surface area contributed by atoms with E-state index in [2.05, 4.69) is 0 Å². The summed E-state index contributed by atoms with van der Waals surface area (Å²) < 4.78 is 11.1. The van der Waals surface area contributed by atoms with E-state index in [9.17, 15) is 14.7 Å². The molecule has 0 radical (unpaired) electrons. The number of amides is 1. The number of ether oxygens (including phenoxy) is 2. The molecule has 2 aliphatic heterocycles. The second-order valence-corrected chi connectivity index (χ2v) is 7.17. The summed E-state index contributed by atoms with van der Waals surface area (Å²) >= 11 is 1.74. The highest BCUT2D eigenvalue weighted by atomic mass is 32.2. The van der Waals surface area contributed by atoms with Crippen LogP contribution in [0.2, 0.25) is 0 Å². The third-order valence-corrected chi connectivity index (χ3v) is 5.37. The molecule has 0 aromatic heterocycles. The second-order valence-electron chi connectivity index (χ2n) is 5.95. The van der Waals surface area contributed by atoms with Gasteiger partial charge in [-0.2, -0.15) is 11.8 Å². The Hall–Kier alpha value is -1.73. The Bertz CT molecular complexity index is 609. The number of nitrogens with zero attached hydrogens (tertiary/aromatic N) is 1. The van der Waals surface area contributed by atoms with Crippen molar-refractivity contribution in [1.29, 1.82) is 0 Å².